The molecule has 1 N–H and O–H groups in total. The first-order valence-corrected chi connectivity index (χ1v) is 8.42. The Labute approximate surface area is 154 Å². The maximum atomic E-state index is 12.4. The van der Waals surface area contributed by atoms with Gasteiger partial charge in [-0.15, -0.1) is 0 Å². The van der Waals surface area contributed by atoms with Crippen LogP contribution in [0, 0.1) is 13.8 Å². The molecule has 25 heavy (non-hydrogen) atoms. The van der Waals surface area contributed by atoms with Gasteiger partial charge in [0, 0.05) is 11.3 Å². The van der Waals surface area contributed by atoms with Gasteiger partial charge in [0.2, 0.25) is 0 Å². The Morgan fingerprint density at radius 2 is 2.00 bits per heavy atom. The summed E-state index contributed by atoms with van der Waals surface area (Å²) >= 11 is 3.38. The number of carbonyl (C=O) groups excluding carboxylic acids is 1. The predicted molar refractivity (Wildman–Crippen MR) is 99.5 cm³/mol. The number of aromatic nitrogens is 3. The number of hydrogen-bond donors (Lipinski definition) is 1. The van der Waals surface area contributed by atoms with Crippen molar-refractivity contribution in [3.8, 4) is 11.6 Å². The Bertz CT molecular complexity index is 919. The highest BCUT2D eigenvalue weighted by Crippen LogP contribution is 2.26. The van der Waals surface area contributed by atoms with Crippen molar-refractivity contribution in [1.82, 2.24) is 14.8 Å². The number of rotatable bonds is 4. The molecule has 0 spiro atoms. The summed E-state index contributed by atoms with van der Waals surface area (Å²) in [5.41, 5.74) is 3.07. The van der Waals surface area contributed by atoms with Crippen molar-refractivity contribution in [1.29, 1.82) is 0 Å². The van der Waals surface area contributed by atoms with Crippen LogP contribution in [-0.4, -0.2) is 27.8 Å². The van der Waals surface area contributed by atoms with E-state index in [1.54, 1.807) is 42.3 Å². The van der Waals surface area contributed by atoms with Crippen LogP contribution < -0.4 is 10.1 Å². The number of anilines is 1. The summed E-state index contributed by atoms with van der Waals surface area (Å²) in [6.45, 7) is 3.91. The van der Waals surface area contributed by atoms with E-state index in [0.29, 0.717) is 22.8 Å². The molecular weight excluding hydrogens is 384 g/mol. The molecule has 0 unspecified atom stereocenters. The van der Waals surface area contributed by atoms with E-state index in [1.165, 1.54) is 0 Å². The zero-order valence-electron chi connectivity index (χ0n) is 14.1. The fourth-order valence-corrected chi connectivity index (χ4v) is 3.00. The highest BCUT2D eigenvalue weighted by atomic mass is 79.9. The fraction of sp³-hybridized carbons (Fsp3) is 0.167. The molecule has 6 nitrogen and oxygen atoms in total. The van der Waals surface area contributed by atoms with Crippen LogP contribution in [0.5, 0.6) is 5.75 Å². The first-order valence-electron chi connectivity index (χ1n) is 7.62. The zero-order valence-corrected chi connectivity index (χ0v) is 15.7. The zero-order chi connectivity index (χ0) is 18.0. The number of amides is 1. The highest BCUT2D eigenvalue weighted by molar-refractivity contribution is 9.10. The summed E-state index contributed by atoms with van der Waals surface area (Å²) in [6, 6.07) is 10.8. The van der Waals surface area contributed by atoms with Crippen molar-refractivity contribution in [2.75, 3.05) is 12.4 Å². The molecule has 0 atom stereocenters. The van der Waals surface area contributed by atoms with Gasteiger partial charge in [-0.2, -0.15) is 5.10 Å². The fourth-order valence-electron chi connectivity index (χ4n) is 2.46. The molecule has 3 rings (SSSR count). The smallest absolute Gasteiger partial charge is 0.255 e. The molecule has 0 saturated carbocycles. The van der Waals surface area contributed by atoms with Crippen molar-refractivity contribution in [2.24, 2.45) is 0 Å². The minimum absolute atomic E-state index is 0.219. The lowest BCUT2D eigenvalue weighted by molar-refractivity contribution is 0.102. The number of ether oxygens (including phenoxy) is 1. The first kappa shape index (κ1) is 17.2. The lowest BCUT2D eigenvalue weighted by Gasteiger charge is -2.08. The van der Waals surface area contributed by atoms with Gasteiger partial charge in [0.25, 0.3) is 5.91 Å². The van der Waals surface area contributed by atoms with E-state index in [1.807, 2.05) is 26.0 Å². The van der Waals surface area contributed by atoms with Gasteiger partial charge in [0.1, 0.15) is 5.75 Å². The molecule has 0 aliphatic heterocycles. The normalized spacial score (nSPS) is 10.6. The van der Waals surface area contributed by atoms with Gasteiger partial charge in [-0.05, 0) is 66.2 Å². The minimum atomic E-state index is -0.219. The van der Waals surface area contributed by atoms with Crippen molar-refractivity contribution < 1.29 is 9.53 Å². The SMILES string of the molecule is COc1ccc(C(=O)Nc2ccc(-n3nc(C)cc3C)nc2)cc1Br. The number of nitrogens with zero attached hydrogens (tertiary/aromatic N) is 3. The molecule has 1 aromatic carbocycles. The summed E-state index contributed by atoms with van der Waals surface area (Å²) in [7, 11) is 1.58. The quantitative estimate of drug-likeness (QED) is 0.720. The van der Waals surface area contributed by atoms with Gasteiger partial charge in [-0.1, -0.05) is 0 Å². The summed E-state index contributed by atoms with van der Waals surface area (Å²) in [5.74, 6) is 1.16. The highest BCUT2D eigenvalue weighted by Gasteiger charge is 2.10. The van der Waals surface area contributed by atoms with E-state index in [-0.39, 0.29) is 5.91 Å². The summed E-state index contributed by atoms with van der Waals surface area (Å²) in [4.78, 5) is 16.7. The maximum Gasteiger partial charge on any atom is 0.255 e. The van der Waals surface area contributed by atoms with Crippen LogP contribution in [0.15, 0.2) is 47.1 Å². The molecule has 128 valence electrons. The molecule has 0 saturated heterocycles. The van der Waals surface area contributed by atoms with E-state index >= 15 is 0 Å². The lowest BCUT2D eigenvalue weighted by atomic mass is 10.2. The number of hydrogen-bond acceptors (Lipinski definition) is 4. The Morgan fingerprint density at radius 3 is 2.56 bits per heavy atom. The predicted octanol–water partition coefficient (Wildman–Crippen LogP) is 3.91. The van der Waals surface area contributed by atoms with Crippen LogP contribution in [0.3, 0.4) is 0 Å². The molecule has 1 amide bonds. The van der Waals surface area contributed by atoms with Gasteiger partial charge in [-0.25, -0.2) is 9.67 Å². The molecule has 0 bridgehead atoms. The standard InChI is InChI=1S/C18H17BrN4O2/c1-11-8-12(2)23(22-11)17-7-5-14(10-20-17)21-18(24)13-4-6-16(25-3)15(19)9-13/h4-10H,1-3H3,(H,21,24). The number of halogens is 1. The number of methoxy groups -OCH3 is 1. The van der Waals surface area contributed by atoms with E-state index in [0.717, 1.165) is 15.9 Å². The van der Waals surface area contributed by atoms with E-state index in [2.05, 4.69) is 31.3 Å². The van der Waals surface area contributed by atoms with Gasteiger partial charge in [-0.3, -0.25) is 4.79 Å². The lowest BCUT2D eigenvalue weighted by Crippen LogP contribution is -2.12. The third kappa shape index (κ3) is 3.71. The van der Waals surface area contributed by atoms with E-state index in [4.69, 9.17) is 4.74 Å². The monoisotopic (exact) mass is 400 g/mol. The second-order valence-electron chi connectivity index (χ2n) is 5.55. The van der Waals surface area contributed by atoms with Crippen LogP contribution in [0.4, 0.5) is 5.69 Å². The molecule has 0 fully saturated rings. The Balaban J connectivity index is 1.76. The van der Waals surface area contributed by atoms with Gasteiger partial charge in [0.15, 0.2) is 5.82 Å². The van der Waals surface area contributed by atoms with Crippen molar-refractivity contribution in [2.45, 2.75) is 13.8 Å². The molecule has 7 heteroatoms. The average molecular weight is 401 g/mol. The number of aryl methyl sites for hydroxylation is 2. The molecular formula is C18H17BrN4O2. The molecule has 0 radical (unpaired) electrons. The van der Waals surface area contributed by atoms with Crippen molar-refractivity contribution in [3.63, 3.8) is 0 Å². The molecule has 0 aliphatic carbocycles. The number of carbonyl (C=O) groups is 1. The van der Waals surface area contributed by atoms with Gasteiger partial charge < -0.3 is 10.1 Å². The van der Waals surface area contributed by atoms with Crippen LogP contribution in [-0.2, 0) is 0 Å². The maximum absolute atomic E-state index is 12.4. The molecule has 2 heterocycles. The Morgan fingerprint density at radius 1 is 1.20 bits per heavy atom. The van der Waals surface area contributed by atoms with E-state index in [9.17, 15) is 4.79 Å². The minimum Gasteiger partial charge on any atom is -0.496 e. The Hall–Kier alpha value is -2.67. The largest absolute Gasteiger partial charge is 0.496 e. The first-order chi connectivity index (χ1) is 12.0. The van der Waals surface area contributed by atoms with Gasteiger partial charge >= 0.3 is 0 Å². The second-order valence-corrected chi connectivity index (χ2v) is 6.40. The van der Waals surface area contributed by atoms with Crippen LogP contribution in [0.25, 0.3) is 5.82 Å². The van der Waals surface area contributed by atoms with E-state index < -0.39 is 0 Å². The number of nitrogens with one attached hydrogen (secondary N) is 1. The van der Waals surface area contributed by atoms with Crippen LogP contribution in [0.1, 0.15) is 21.7 Å². The third-order valence-corrected chi connectivity index (χ3v) is 4.27. The molecule has 0 aliphatic rings. The molecule has 2 aromatic heterocycles. The second kappa shape index (κ2) is 7.06. The third-order valence-electron chi connectivity index (χ3n) is 3.65. The van der Waals surface area contributed by atoms with Crippen molar-refractivity contribution in [3.05, 3.63) is 64.0 Å². The average Bonchev–Trinajstić information content (AvgIpc) is 2.93. The van der Waals surface area contributed by atoms with Crippen LogP contribution >= 0.6 is 15.9 Å². The van der Waals surface area contributed by atoms with Gasteiger partial charge in [0.05, 0.1) is 29.2 Å². The Kier molecular flexibility index (Phi) is 4.85. The summed E-state index contributed by atoms with van der Waals surface area (Å²) < 4.78 is 7.66. The number of pyridine rings is 1. The number of benzene rings is 1. The topological polar surface area (TPSA) is 69.0 Å². The van der Waals surface area contributed by atoms with Crippen molar-refractivity contribution >= 4 is 27.5 Å². The summed E-state index contributed by atoms with van der Waals surface area (Å²) in [5, 5.41) is 7.22. The molecule has 3 aromatic rings. The van der Waals surface area contributed by atoms with Crippen LogP contribution in [0.2, 0.25) is 0 Å². The summed E-state index contributed by atoms with van der Waals surface area (Å²) in [6.07, 6.45) is 1.61.